The zero-order valence-corrected chi connectivity index (χ0v) is 38.8. The fraction of sp³-hybridized carbons (Fsp3) is 0.302. The van der Waals surface area contributed by atoms with Crippen LogP contribution in [0.5, 0.6) is 0 Å². The monoisotopic (exact) mass is 906 g/mol. The van der Waals surface area contributed by atoms with Crippen molar-refractivity contribution < 1.29 is 0 Å². The van der Waals surface area contributed by atoms with E-state index in [4.69, 9.17) is 31.4 Å². The van der Waals surface area contributed by atoms with Crippen molar-refractivity contribution in [2.75, 3.05) is 72.4 Å². The van der Waals surface area contributed by atoms with Gasteiger partial charge in [0.15, 0.2) is 23.3 Å². The van der Waals surface area contributed by atoms with Crippen LogP contribution in [0.4, 0.5) is 34.8 Å². The molecule has 15 heteroatoms. The summed E-state index contributed by atoms with van der Waals surface area (Å²) in [5.41, 5.74) is 19.0. The Morgan fingerprint density at radius 2 is 1.34 bits per heavy atom. The number of aromatic amines is 1. The number of amidine groups is 1. The van der Waals surface area contributed by atoms with Crippen molar-refractivity contribution >= 4 is 64.9 Å². The Labute approximate surface area is 398 Å². The van der Waals surface area contributed by atoms with E-state index in [1.54, 1.807) is 13.0 Å². The van der Waals surface area contributed by atoms with Gasteiger partial charge in [-0.1, -0.05) is 66.7 Å². The summed E-state index contributed by atoms with van der Waals surface area (Å²) in [4.78, 5) is 33.8. The van der Waals surface area contributed by atoms with E-state index in [0.717, 1.165) is 111 Å². The second-order valence-corrected chi connectivity index (χ2v) is 17.8. The molecule has 6 aromatic rings. The van der Waals surface area contributed by atoms with Crippen molar-refractivity contribution in [1.82, 2.24) is 35.0 Å². The number of benzene rings is 3. The molecule has 5 heterocycles. The molecule has 68 heavy (non-hydrogen) atoms. The maximum absolute atomic E-state index is 9.23. The third-order valence-corrected chi connectivity index (χ3v) is 12.9. The van der Waals surface area contributed by atoms with E-state index in [2.05, 4.69) is 94.7 Å². The molecule has 2 saturated heterocycles. The number of nitriles is 1. The van der Waals surface area contributed by atoms with Crippen molar-refractivity contribution in [2.45, 2.75) is 51.5 Å². The summed E-state index contributed by atoms with van der Waals surface area (Å²) in [5, 5.41) is 20.0. The van der Waals surface area contributed by atoms with Gasteiger partial charge in [0.25, 0.3) is 0 Å². The summed E-state index contributed by atoms with van der Waals surface area (Å²) in [5.74, 6) is 5.65. The van der Waals surface area contributed by atoms with E-state index < -0.39 is 0 Å². The molecule has 15 nitrogen and oxygen atoms in total. The maximum atomic E-state index is 9.23. The Morgan fingerprint density at radius 1 is 0.691 bits per heavy atom. The first-order valence-corrected chi connectivity index (χ1v) is 23.5. The lowest BCUT2D eigenvalue weighted by atomic mass is 9.80. The average molecular weight is 906 g/mol. The maximum Gasteiger partial charge on any atom is 0.160 e. The molecular weight excluding hydrogens is 847 g/mol. The zero-order chi connectivity index (χ0) is 46.8. The SMILES string of the molecule is C/C(N)=C/C(N)=Nc1cc(N2CCN(c3ccc(C#N)cc3)CC2)nc(/C=C/c2cccc(C3CCC(N4CCN(c5cc(Nc6cc(C)[nH]n6)nc(/C=C/c6ccccc6)n5)CC4)CC3)c2)n1. The van der Waals surface area contributed by atoms with Crippen LogP contribution in [0.2, 0.25) is 0 Å². The molecule has 0 unspecified atom stereocenters. The summed E-state index contributed by atoms with van der Waals surface area (Å²) >= 11 is 0. The number of piperazine rings is 2. The van der Waals surface area contributed by atoms with E-state index in [1.165, 1.54) is 18.4 Å². The highest BCUT2D eigenvalue weighted by Crippen LogP contribution is 2.36. The van der Waals surface area contributed by atoms with Gasteiger partial charge < -0.3 is 31.5 Å². The summed E-state index contributed by atoms with van der Waals surface area (Å²) < 4.78 is 0. The van der Waals surface area contributed by atoms with Gasteiger partial charge in [0.2, 0.25) is 0 Å². The van der Waals surface area contributed by atoms with Crippen LogP contribution in [0.1, 0.15) is 78.1 Å². The highest BCUT2D eigenvalue weighted by atomic mass is 15.3. The number of nitrogens with one attached hydrogen (secondary N) is 2. The lowest BCUT2D eigenvalue weighted by Gasteiger charge is -2.42. The Kier molecular flexibility index (Phi) is 14.1. The van der Waals surface area contributed by atoms with Gasteiger partial charge in [0.1, 0.15) is 23.3 Å². The number of allylic oxidation sites excluding steroid dienone is 1. The molecule has 3 fully saturated rings. The molecule has 6 N–H and O–H groups in total. The summed E-state index contributed by atoms with van der Waals surface area (Å²) in [6.07, 6.45) is 14.4. The highest BCUT2D eigenvalue weighted by Gasteiger charge is 2.30. The van der Waals surface area contributed by atoms with Crippen LogP contribution in [0, 0.1) is 18.3 Å². The summed E-state index contributed by atoms with van der Waals surface area (Å²) in [7, 11) is 0. The van der Waals surface area contributed by atoms with Gasteiger partial charge in [-0.25, -0.2) is 24.9 Å². The van der Waals surface area contributed by atoms with E-state index in [0.29, 0.717) is 40.7 Å². The smallest absolute Gasteiger partial charge is 0.160 e. The molecule has 0 radical (unpaired) electrons. The van der Waals surface area contributed by atoms with Crippen LogP contribution in [0.3, 0.4) is 0 Å². The molecule has 2 aliphatic heterocycles. The minimum absolute atomic E-state index is 0.285. The topological polar surface area (TPSA) is 193 Å². The third kappa shape index (κ3) is 11.8. The molecule has 1 aliphatic carbocycles. The molecule has 0 bridgehead atoms. The lowest BCUT2D eigenvalue weighted by Crippen LogP contribution is -2.51. The van der Waals surface area contributed by atoms with Crippen LogP contribution in [-0.2, 0) is 0 Å². The molecule has 0 amide bonds. The molecule has 1 saturated carbocycles. The number of aliphatic imine (C=N–C) groups is 1. The summed E-state index contributed by atoms with van der Waals surface area (Å²) in [6.45, 7) is 10.7. The lowest BCUT2D eigenvalue weighted by molar-refractivity contribution is 0.141. The molecule has 0 atom stereocenters. The molecule has 3 aliphatic rings. The van der Waals surface area contributed by atoms with Crippen molar-refractivity contribution in [3.8, 4) is 6.07 Å². The Morgan fingerprint density at radius 3 is 2.01 bits per heavy atom. The molecule has 9 rings (SSSR count). The molecule has 3 aromatic carbocycles. The number of nitrogens with two attached hydrogens (primary N) is 2. The van der Waals surface area contributed by atoms with E-state index >= 15 is 0 Å². The van der Waals surface area contributed by atoms with Crippen LogP contribution in [-0.4, -0.2) is 99.3 Å². The number of H-pyrrole nitrogens is 1. The number of hydrogen-bond acceptors (Lipinski definition) is 13. The Balaban J connectivity index is 0.822. The van der Waals surface area contributed by atoms with Gasteiger partial charge in [-0.2, -0.15) is 10.4 Å². The first-order valence-electron chi connectivity index (χ1n) is 23.5. The second-order valence-electron chi connectivity index (χ2n) is 17.8. The van der Waals surface area contributed by atoms with Gasteiger partial charge in [0.05, 0.1) is 11.6 Å². The first-order chi connectivity index (χ1) is 33.2. The predicted octanol–water partition coefficient (Wildman–Crippen LogP) is 8.28. The number of nitrogens with zero attached hydrogens (tertiary/aromatic N) is 11. The summed E-state index contributed by atoms with van der Waals surface area (Å²) in [6, 6.07) is 35.5. The number of aryl methyl sites for hydroxylation is 1. The molecule has 0 spiro atoms. The fourth-order valence-electron chi connectivity index (χ4n) is 9.35. The van der Waals surface area contributed by atoms with Crippen LogP contribution in [0.25, 0.3) is 24.3 Å². The van der Waals surface area contributed by atoms with E-state index in [1.807, 2.05) is 79.7 Å². The second kappa shape index (κ2) is 21.2. The van der Waals surface area contributed by atoms with E-state index in [-0.39, 0.29) is 5.84 Å². The average Bonchev–Trinajstić information content (AvgIpc) is 3.78. The molecule has 346 valence electrons. The van der Waals surface area contributed by atoms with Gasteiger partial charge in [-0.05, 0) is 105 Å². The Bertz CT molecular complexity index is 2810. The zero-order valence-electron chi connectivity index (χ0n) is 38.8. The van der Waals surface area contributed by atoms with Gasteiger partial charge in [0, 0.05) is 93.7 Å². The minimum atomic E-state index is 0.285. The van der Waals surface area contributed by atoms with Crippen LogP contribution in [0.15, 0.2) is 114 Å². The number of aromatic nitrogens is 6. The van der Waals surface area contributed by atoms with Gasteiger partial charge in [-0.3, -0.25) is 10.00 Å². The van der Waals surface area contributed by atoms with E-state index in [9.17, 15) is 5.26 Å². The van der Waals surface area contributed by atoms with Crippen molar-refractivity contribution in [2.24, 2.45) is 16.5 Å². The van der Waals surface area contributed by atoms with Gasteiger partial charge >= 0.3 is 0 Å². The minimum Gasteiger partial charge on any atom is -0.402 e. The largest absolute Gasteiger partial charge is 0.402 e. The molecule has 3 aromatic heterocycles. The van der Waals surface area contributed by atoms with Crippen molar-refractivity contribution in [1.29, 1.82) is 5.26 Å². The highest BCUT2D eigenvalue weighted by molar-refractivity contribution is 5.93. The quantitative estimate of drug-likeness (QED) is 0.0640. The number of hydrogen-bond donors (Lipinski definition) is 4. The van der Waals surface area contributed by atoms with Crippen LogP contribution >= 0.6 is 0 Å². The third-order valence-electron chi connectivity index (χ3n) is 12.9. The normalized spacial score (nSPS) is 18.6. The Hall–Kier alpha value is -7.83. The first kappa shape index (κ1) is 45.3. The standard InChI is InChI=1S/C53H59N15/c1-37(55)31-46(56)57-49-34-52(67-27-23-65(24-28-67)44-17-11-41(36-54)12-18-44)62-48(58-49)22-14-40-9-6-10-43(33-40)42-15-19-45(20-16-42)66-25-29-68(30-26-66)53-35-50(60-51-32-38(2)63-64-51)59-47(61-53)21-13-39-7-4-3-5-8-39/h3-14,17-18,21-22,31-35,42,45H,15-16,19-20,23-30,55H2,1-2H3,(H2,56,57,58,62)(H2,59,60,61,63,64)/b21-13+,22-14+,37-31-. The van der Waals surface area contributed by atoms with Crippen LogP contribution < -0.4 is 31.5 Å². The molecular formula is C53H59N15. The van der Waals surface area contributed by atoms with Crippen molar-refractivity contribution in [3.63, 3.8) is 0 Å². The predicted molar refractivity (Wildman–Crippen MR) is 275 cm³/mol. The van der Waals surface area contributed by atoms with Gasteiger partial charge in [-0.15, -0.1) is 0 Å². The van der Waals surface area contributed by atoms with Crippen molar-refractivity contribution in [3.05, 3.63) is 148 Å². The number of anilines is 5. The fourth-order valence-corrected chi connectivity index (χ4v) is 9.35. The number of rotatable bonds is 13.